The third kappa shape index (κ3) is 5.68. The average Bonchev–Trinajstić information content (AvgIpc) is 2.67. The zero-order valence-corrected chi connectivity index (χ0v) is 15.9. The predicted molar refractivity (Wildman–Crippen MR) is 90.8 cm³/mol. The van der Waals surface area contributed by atoms with Gasteiger partial charge in [0.05, 0.1) is 6.10 Å². The summed E-state index contributed by atoms with van der Waals surface area (Å²) < 4.78 is 95.1. The highest BCUT2D eigenvalue weighted by Crippen LogP contribution is 2.47. The second-order valence-corrected chi connectivity index (χ2v) is 7.44. The molecule has 0 aromatic heterocycles. The molecular formula is C17H15F5NO5P. The topological polar surface area (TPSA) is 73.9 Å². The van der Waals surface area contributed by atoms with E-state index in [-0.39, 0.29) is 5.75 Å². The smallest absolute Gasteiger partial charge is 0.462 e. The molecule has 2 rings (SSSR count). The molecular weight excluding hydrogens is 424 g/mol. The van der Waals surface area contributed by atoms with E-state index in [1.165, 1.54) is 38.1 Å². The molecule has 0 bridgehead atoms. The third-order valence-electron chi connectivity index (χ3n) is 3.13. The number of hydrogen-bond acceptors (Lipinski definition) is 5. The Morgan fingerprint density at radius 3 is 1.97 bits per heavy atom. The first-order chi connectivity index (χ1) is 13.5. The Hall–Kier alpha value is -2.65. The molecule has 158 valence electrons. The van der Waals surface area contributed by atoms with Crippen LogP contribution in [0.15, 0.2) is 30.3 Å². The first kappa shape index (κ1) is 22.6. The van der Waals surface area contributed by atoms with Crippen LogP contribution < -0.4 is 14.1 Å². The lowest BCUT2D eigenvalue weighted by molar-refractivity contribution is -0.145. The van der Waals surface area contributed by atoms with Gasteiger partial charge in [0.2, 0.25) is 34.8 Å². The first-order valence-corrected chi connectivity index (χ1v) is 9.58. The van der Waals surface area contributed by atoms with Crippen LogP contribution >= 0.6 is 7.75 Å². The number of carbonyl (C=O) groups is 1. The van der Waals surface area contributed by atoms with E-state index in [2.05, 4.69) is 4.52 Å². The summed E-state index contributed by atoms with van der Waals surface area (Å²) in [5.74, 6) is -14.6. The van der Waals surface area contributed by atoms with Gasteiger partial charge < -0.3 is 13.8 Å². The molecule has 0 heterocycles. The van der Waals surface area contributed by atoms with Crippen molar-refractivity contribution in [3.8, 4) is 11.5 Å². The van der Waals surface area contributed by atoms with Crippen LogP contribution in [-0.2, 0) is 14.1 Å². The third-order valence-corrected chi connectivity index (χ3v) is 4.55. The number of para-hydroxylation sites is 1. The Morgan fingerprint density at radius 1 is 0.931 bits per heavy atom. The van der Waals surface area contributed by atoms with Crippen molar-refractivity contribution in [2.45, 2.75) is 20.0 Å². The highest BCUT2D eigenvalue weighted by molar-refractivity contribution is 7.52. The monoisotopic (exact) mass is 439 g/mol. The first-order valence-electron chi connectivity index (χ1n) is 8.04. The second kappa shape index (κ2) is 9.23. The van der Waals surface area contributed by atoms with Gasteiger partial charge in [-0.05, 0) is 26.0 Å². The molecule has 1 atom stereocenters. The summed E-state index contributed by atoms with van der Waals surface area (Å²) in [6, 6.07) is 7.03. The Bertz CT molecular complexity index is 913. The molecule has 0 unspecified atom stereocenters. The minimum absolute atomic E-state index is 0.135. The van der Waals surface area contributed by atoms with Gasteiger partial charge in [0.15, 0.2) is 0 Å². The molecule has 2 aromatic carbocycles. The zero-order valence-electron chi connectivity index (χ0n) is 15.0. The van der Waals surface area contributed by atoms with E-state index in [0.717, 1.165) is 0 Å². The van der Waals surface area contributed by atoms with Gasteiger partial charge in [0, 0.05) is 0 Å². The molecule has 1 N–H and O–H groups in total. The van der Waals surface area contributed by atoms with Crippen molar-refractivity contribution < 1.29 is 45.1 Å². The Balaban J connectivity index is 2.38. The molecule has 2 aromatic rings. The van der Waals surface area contributed by atoms with Gasteiger partial charge in [-0.2, -0.15) is 13.9 Å². The predicted octanol–water partition coefficient (Wildman–Crippen LogP) is 4.49. The molecule has 0 saturated carbocycles. The highest BCUT2D eigenvalue weighted by Gasteiger charge is 2.36. The van der Waals surface area contributed by atoms with Gasteiger partial charge in [-0.25, -0.2) is 17.7 Å². The van der Waals surface area contributed by atoms with E-state index in [9.17, 15) is 31.3 Å². The van der Waals surface area contributed by atoms with Gasteiger partial charge in [0.25, 0.3) is 0 Å². The SMILES string of the molecule is CC(C)OC(=O)CN[P@](=O)(Oc1ccccc1)Oc1c(F)c(F)c(F)c(F)c1F. The molecule has 0 spiro atoms. The maximum absolute atomic E-state index is 13.9. The molecule has 0 radical (unpaired) electrons. The molecule has 0 aliphatic heterocycles. The van der Waals surface area contributed by atoms with Crippen molar-refractivity contribution >= 4 is 13.7 Å². The molecule has 6 nitrogen and oxygen atoms in total. The number of hydrogen-bond donors (Lipinski definition) is 1. The number of carbonyl (C=O) groups excluding carboxylic acids is 1. The van der Waals surface area contributed by atoms with Gasteiger partial charge in [-0.15, -0.1) is 0 Å². The Labute approximate surface area is 162 Å². The van der Waals surface area contributed by atoms with Gasteiger partial charge >= 0.3 is 13.7 Å². The van der Waals surface area contributed by atoms with Crippen LogP contribution in [0.4, 0.5) is 22.0 Å². The van der Waals surface area contributed by atoms with E-state index in [1.807, 2.05) is 5.09 Å². The number of halogens is 5. The number of nitrogens with one attached hydrogen (secondary N) is 1. The Kier molecular flexibility index (Phi) is 7.21. The standard InChI is InChI=1S/C17H15F5NO5P/c1-9(2)26-11(24)8-23-29(25,27-10-6-4-3-5-7-10)28-17-15(21)13(19)12(18)14(20)16(17)22/h3-7,9H,8H2,1-2H3,(H,23,25)/t29-/m0/s1. The summed E-state index contributed by atoms with van der Waals surface area (Å²) in [4.78, 5) is 11.7. The normalized spacial score (nSPS) is 13.1. The van der Waals surface area contributed by atoms with Gasteiger partial charge in [-0.1, -0.05) is 18.2 Å². The van der Waals surface area contributed by atoms with Crippen molar-refractivity contribution in [2.24, 2.45) is 0 Å². The zero-order chi connectivity index (χ0) is 21.8. The molecule has 0 aliphatic rings. The fourth-order valence-corrected chi connectivity index (χ4v) is 3.24. The number of esters is 1. The molecule has 29 heavy (non-hydrogen) atoms. The molecule has 0 saturated heterocycles. The second-order valence-electron chi connectivity index (χ2n) is 5.77. The van der Waals surface area contributed by atoms with E-state index in [1.54, 1.807) is 6.07 Å². The van der Waals surface area contributed by atoms with Crippen LogP contribution in [0.5, 0.6) is 11.5 Å². The number of benzene rings is 2. The summed E-state index contributed by atoms with van der Waals surface area (Å²) in [6.07, 6.45) is -0.533. The summed E-state index contributed by atoms with van der Waals surface area (Å²) in [5, 5.41) is 1.97. The largest absolute Gasteiger partial charge is 0.513 e. The van der Waals surface area contributed by atoms with Gasteiger partial charge in [0.1, 0.15) is 12.3 Å². The maximum atomic E-state index is 13.9. The fraction of sp³-hybridized carbons (Fsp3) is 0.235. The minimum Gasteiger partial charge on any atom is -0.462 e. The number of ether oxygens (including phenoxy) is 1. The fourth-order valence-electron chi connectivity index (χ4n) is 1.95. The van der Waals surface area contributed by atoms with Crippen molar-refractivity contribution in [3.63, 3.8) is 0 Å². The lowest BCUT2D eigenvalue weighted by Crippen LogP contribution is -2.28. The van der Waals surface area contributed by atoms with E-state index in [0.29, 0.717) is 0 Å². The molecule has 0 amide bonds. The van der Waals surface area contributed by atoms with Crippen molar-refractivity contribution in [3.05, 3.63) is 59.4 Å². The molecule has 0 aliphatic carbocycles. The highest BCUT2D eigenvalue weighted by atomic mass is 31.2. The quantitative estimate of drug-likeness (QED) is 0.215. The van der Waals surface area contributed by atoms with Crippen LogP contribution in [0.3, 0.4) is 0 Å². The summed E-state index contributed by atoms with van der Waals surface area (Å²) in [7, 11) is -4.86. The van der Waals surface area contributed by atoms with E-state index < -0.39 is 61.2 Å². The van der Waals surface area contributed by atoms with Crippen LogP contribution in [0.1, 0.15) is 13.8 Å². The van der Waals surface area contributed by atoms with Crippen molar-refractivity contribution in [1.82, 2.24) is 5.09 Å². The van der Waals surface area contributed by atoms with Gasteiger partial charge in [-0.3, -0.25) is 4.79 Å². The number of rotatable bonds is 8. The van der Waals surface area contributed by atoms with Crippen molar-refractivity contribution in [2.75, 3.05) is 6.54 Å². The summed E-state index contributed by atoms with van der Waals surface area (Å²) in [6.45, 7) is 2.25. The van der Waals surface area contributed by atoms with E-state index in [4.69, 9.17) is 9.26 Å². The van der Waals surface area contributed by atoms with Crippen LogP contribution in [0.2, 0.25) is 0 Å². The van der Waals surface area contributed by atoms with Crippen LogP contribution in [0.25, 0.3) is 0 Å². The average molecular weight is 439 g/mol. The van der Waals surface area contributed by atoms with Crippen LogP contribution in [-0.4, -0.2) is 18.6 Å². The molecule has 12 heteroatoms. The maximum Gasteiger partial charge on any atom is 0.513 e. The minimum atomic E-state index is -4.86. The van der Waals surface area contributed by atoms with E-state index >= 15 is 0 Å². The lowest BCUT2D eigenvalue weighted by Gasteiger charge is -2.21. The lowest BCUT2D eigenvalue weighted by atomic mass is 10.3. The summed E-state index contributed by atoms with van der Waals surface area (Å²) >= 11 is 0. The Morgan fingerprint density at radius 2 is 1.45 bits per heavy atom. The van der Waals surface area contributed by atoms with Crippen molar-refractivity contribution in [1.29, 1.82) is 0 Å². The van der Waals surface area contributed by atoms with Crippen LogP contribution in [0, 0.1) is 29.1 Å². The molecule has 0 fully saturated rings. The summed E-state index contributed by atoms with van der Waals surface area (Å²) in [5.41, 5.74) is 0.